The molecular weight excluding hydrogens is 344 g/mol. The van der Waals surface area contributed by atoms with Crippen molar-refractivity contribution in [3.8, 4) is 0 Å². The van der Waals surface area contributed by atoms with E-state index in [4.69, 9.17) is 9.47 Å². The van der Waals surface area contributed by atoms with Gasteiger partial charge in [-0.2, -0.15) is 0 Å². The number of nitrogens with one attached hydrogen (secondary N) is 1. The van der Waals surface area contributed by atoms with E-state index in [0.717, 1.165) is 0 Å². The van der Waals surface area contributed by atoms with Gasteiger partial charge in [-0.25, -0.2) is 14.6 Å². The maximum Gasteiger partial charge on any atom is 0.340 e. The van der Waals surface area contributed by atoms with Crippen LogP contribution in [-0.4, -0.2) is 42.1 Å². The van der Waals surface area contributed by atoms with E-state index >= 15 is 0 Å². The molecule has 0 fully saturated rings. The molecule has 114 valence electrons. The minimum Gasteiger partial charge on any atom is -0.464 e. The van der Waals surface area contributed by atoms with Crippen LogP contribution in [0.15, 0.2) is 22.9 Å². The summed E-state index contributed by atoms with van der Waals surface area (Å²) in [6.45, 7) is 3.37. The summed E-state index contributed by atoms with van der Waals surface area (Å²) in [6, 6.07) is 1.57. The monoisotopic (exact) mass is 358 g/mol. The van der Waals surface area contributed by atoms with Crippen LogP contribution >= 0.6 is 15.9 Å². The molecule has 0 bridgehead atoms. The fourth-order valence-corrected chi connectivity index (χ4v) is 1.62. The van der Waals surface area contributed by atoms with E-state index in [1.807, 2.05) is 0 Å². The van der Waals surface area contributed by atoms with E-state index in [2.05, 4.69) is 26.2 Å². The van der Waals surface area contributed by atoms with Crippen molar-refractivity contribution in [2.45, 2.75) is 19.9 Å². The predicted molar refractivity (Wildman–Crippen MR) is 76.5 cm³/mol. The highest BCUT2D eigenvalue weighted by molar-refractivity contribution is 9.10. The first kappa shape index (κ1) is 17.1. The molecule has 7 nitrogen and oxygen atoms in total. The molecule has 1 amide bonds. The third kappa shape index (κ3) is 5.14. The van der Waals surface area contributed by atoms with Gasteiger partial charge in [0.25, 0.3) is 5.91 Å². The zero-order chi connectivity index (χ0) is 15.8. The third-order valence-corrected chi connectivity index (χ3v) is 2.78. The second kappa shape index (κ2) is 8.35. The number of hydrogen-bond acceptors (Lipinski definition) is 6. The molecule has 0 radical (unpaired) electrons. The van der Waals surface area contributed by atoms with Crippen molar-refractivity contribution in [2.75, 3.05) is 13.2 Å². The van der Waals surface area contributed by atoms with Crippen LogP contribution in [0.5, 0.6) is 0 Å². The summed E-state index contributed by atoms with van der Waals surface area (Å²) in [5.74, 6) is -2.36. The van der Waals surface area contributed by atoms with Gasteiger partial charge >= 0.3 is 11.9 Å². The van der Waals surface area contributed by atoms with Gasteiger partial charge in [-0.1, -0.05) is 0 Å². The third-order valence-electron chi connectivity index (χ3n) is 2.31. The average molecular weight is 359 g/mol. The van der Waals surface area contributed by atoms with Crippen molar-refractivity contribution in [3.63, 3.8) is 0 Å². The van der Waals surface area contributed by atoms with Crippen LogP contribution in [0.2, 0.25) is 0 Å². The van der Waals surface area contributed by atoms with E-state index in [1.54, 1.807) is 19.9 Å². The Labute approximate surface area is 130 Å². The normalized spacial score (nSPS) is 10.1. The van der Waals surface area contributed by atoms with Crippen molar-refractivity contribution in [2.24, 2.45) is 0 Å². The van der Waals surface area contributed by atoms with Crippen molar-refractivity contribution in [1.29, 1.82) is 0 Å². The smallest absolute Gasteiger partial charge is 0.340 e. The summed E-state index contributed by atoms with van der Waals surface area (Å²) >= 11 is 3.14. The molecule has 0 aliphatic rings. The molecular formula is C13H15BrN2O5. The van der Waals surface area contributed by atoms with Gasteiger partial charge in [-0.15, -0.1) is 0 Å². The number of aromatic nitrogens is 1. The first-order valence-corrected chi connectivity index (χ1v) is 7.04. The van der Waals surface area contributed by atoms with Gasteiger partial charge in [0.2, 0.25) is 6.04 Å². The van der Waals surface area contributed by atoms with Crippen LogP contribution in [0.25, 0.3) is 0 Å². The lowest BCUT2D eigenvalue weighted by Gasteiger charge is -2.15. The number of amides is 1. The van der Waals surface area contributed by atoms with Crippen LogP contribution in [0.4, 0.5) is 0 Å². The lowest BCUT2D eigenvalue weighted by Crippen LogP contribution is -2.48. The Hall–Kier alpha value is -1.96. The summed E-state index contributed by atoms with van der Waals surface area (Å²) in [5, 5.41) is 2.28. The van der Waals surface area contributed by atoms with Crippen LogP contribution in [0.1, 0.15) is 24.2 Å². The summed E-state index contributed by atoms with van der Waals surface area (Å²) in [7, 11) is 0. The molecule has 0 aliphatic carbocycles. The zero-order valence-corrected chi connectivity index (χ0v) is 13.2. The van der Waals surface area contributed by atoms with Crippen LogP contribution in [-0.2, 0) is 19.1 Å². The number of carbonyl (C=O) groups excluding carboxylic acids is 3. The predicted octanol–water partition coefficient (Wildman–Crippen LogP) is 1.07. The molecule has 0 saturated carbocycles. The lowest BCUT2D eigenvalue weighted by molar-refractivity contribution is -0.157. The van der Waals surface area contributed by atoms with E-state index < -0.39 is 23.9 Å². The first-order chi connectivity index (χ1) is 9.99. The van der Waals surface area contributed by atoms with Gasteiger partial charge in [-0.3, -0.25) is 4.79 Å². The number of hydrogen-bond donors (Lipinski definition) is 1. The molecule has 0 aromatic carbocycles. The number of pyridine rings is 1. The van der Waals surface area contributed by atoms with E-state index in [9.17, 15) is 14.4 Å². The largest absolute Gasteiger partial charge is 0.464 e. The number of carbonyl (C=O) groups is 3. The maximum absolute atomic E-state index is 12.0. The van der Waals surface area contributed by atoms with Gasteiger partial charge in [0.1, 0.15) is 4.60 Å². The molecule has 0 spiro atoms. The highest BCUT2D eigenvalue weighted by Crippen LogP contribution is 2.07. The van der Waals surface area contributed by atoms with E-state index in [0.29, 0.717) is 4.60 Å². The highest BCUT2D eigenvalue weighted by atomic mass is 79.9. The second-order valence-electron chi connectivity index (χ2n) is 3.78. The summed E-state index contributed by atoms with van der Waals surface area (Å²) < 4.78 is 10.1. The van der Waals surface area contributed by atoms with Crippen molar-refractivity contribution >= 4 is 33.8 Å². The quantitative estimate of drug-likeness (QED) is 0.464. The van der Waals surface area contributed by atoms with Gasteiger partial charge in [0, 0.05) is 6.20 Å². The molecule has 1 rings (SSSR count). The van der Waals surface area contributed by atoms with Crippen LogP contribution < -0.4 is 5.32 Å². The standard InChI is InChI=1S/C13H15BrN2O5/c1-3-20-12(18)10(13(19)21-4-2)16-11(17)8-5-6-9(14)15-7-8/h5-7,10H,3-4H2,1-2H3,(H,16,17). The molecule has 1 aromatic rings. The fraction of sp³-hybridized carbons (Fsp3) is 0.385. The number of halogens is 1. The molecule has 0 atom stereocenters. The van der Waals surface area contributed by atoms with Gasteiger partial charge in [-0.05, 0) is 41.9 Å². The van der Waals surface area contributed by atoms with Crippen LogP contribution in [0.3, 0.4) is 0 Å². The highest BCUT2D eigenvalue weighted by Gasteiger charge is 2.31. The van der Waals surface area contributed by atoms with Gasteiger partial charge in [0.05, 0.1) is 18.8 Å². The van der Waals surface area contributed by atoms with E-state index in [-0.39, 0.29) is 18.8 Å². The van der Waals surface area contributed by atoms with Crippen molar-refractivity contribution in [1.82, 2.24) is 10.3 Å². The molecule has 8 heteroatoms. The lowest BCUT2D eigenvalue weighted by atomic mass is 10.2. The molecule has 1 aromatic heterocycles. The van der Waals surface area contributed by atoms with Crippen molar-refractivity contribution in [3.05, 3.63) is 28.5 Å². The van der Waals surface area contributed by atoms with Gasteiger partial charge < -0.3 is 14.8 Å². The van der Waals surface area contributed by atoms with Crippen LogP contribution in [0, 0.1) is 0 Å². The van der Waals surface area contributed by atoms with Crippen molar-refractivity contribution < 1.29 is 23.9 Å². The summed E-state index contributed by atoms with van der Waals surface area (Å²) in [4.78, 5) is 39.3. The fourth-order valence-electron chi connectivity index (χ4n) is 1.39. The molecule has 1 N–H and O–H groups in total. The molecule has 1 heterocycles. The van der Waals surface area contributed by atoms with E-state index in [1.165, 1.54) is 12.3 Å². The Morgan fingerprint density at radius 1 is 1.19 bits per heavy atom. The zero-order valence-electron chi connectivity index (χ0n) is 11.6. The number of nitrogens with zero attached hydrogens (tertiary/aromatic N) is 1. The molecule has 0 unspecified atom stereocenters. The molecule has 0 aliphatic heterocycles. The Bertz CT molecular complexity index is 500. The average Bonchev–Trinajstić information content (AvgIpc) is 2.45. The Morgan fingerprint density at radius 3 is 2.19 bits per heavy atom. The first-order valence-electron chi connectivity index (χ1n) is 6.25. The number of ether oxygens (including phenoxy) is 2. The minimum absolute atomic E-state index is 0.0877. The SMILES string of the molecule is CCOC(=O)C(NC(=O)c1ccc(Br)nc1)C(=O)OCC. The van der Waals surface area contributed by atoms with Gasteiger partial charge in [0.15, 0.2) is 0 Å². The topological polar surface area (TPSA) is 94.6 Å². The summed E-state index contributed by atoms with van der Waals surface area (Å²) in [5.41, 5.74) is 0.205. The number of esters is 2. The molecule has 21 heavy (non-hydrogen) atoms. The Kier molecular flexibility index (Phi) is 6.80. The Balaban J connectivity index is 2.84. The number of rotatable bonds is 6. The minimum atomic E-state index is -1.50. The summed E-state index contributed by atoms with van der Waals surface area (Å²) in [6.07, 6.45) is 1.31. The maximum atomic E-state index is 12.0. The second-order valence-corrected chi connectivity index (χ2v) is 4.59. The molecule has 0 saturated heterocycles. The Morgan fingerprint density at radius 2 is 1.76 bits per heavy atom.